The standard InChI is InChI=1S/C15H16N2O2S4/c1-10(2)9-21-15-16-12-6-5-11(8-13(12)22-15)17-23(18,19)14-4-3-7-20-14/h3-8,10,17H,9H2,1-2H3. The van der Waals surface area contributed by atoms with Crippen LogP contribution in [0.1, 0.15) is 13.8 Å². The summed E-state index contributed by atoms with van der Waals surface area (Å²) in [5, 5.41) is 1.75. The molecule has 3 rings (SSSR count). The number of aromatic nitrogens is 1. The summed E-state index contributed by atoms with van der Waals surface area (Å²) in [5.74, 6) is 1.64. The first-order valence-corrected chi connectivity index (χ1v) is 11.2. The normalized spacial score (nSPS) is 12.1. The van der Waals surface area contributed by atoms with Gasteiger partial charge in [-0.3, -0.25) is 4.72 Å². The van der Waals surface area contributed by atoms with Crippen molar-refractivity contribution in [3.05, 3.63) is 35.7 Å². The van der Waals surface area contributed by atoms with Crippen molar-refractivity contribution in [2.24, 2.45) is 5.92 Å². The Labute approximate surface area is 148 Å². The van der Waals surface area contributed by atoms with Gasteiger partial charge in [-0.25, -0.2) is 13.4 Å². The van der Waals surface area contributed by atoms with Crippen molar-refractivity contribution in [3.8, 4) is 0 Å². The van der Waals surface area contributed by atoms with Crippen LogP contribution in [0.2, 0.25) is 0 Å². The number of rotatable bonds is 6. The summed E-state index contributed by atoms with van der Waals surface area (Å²) in [4.78, 5) is 4.58. The molecule has 0 unspecified atom stereocenters. The molecule has 0 saturated carbocycles. The van der Waals surface area contributed by atoms with Crippen LogP contribution in [-0.2, 0) is 10.0 Å². The van der Waals surface area contributed by atoms with E-state index in [2.05, 4.69) is 23.6 Å². The lowest BCUT2D eigenvalue weighted by Gasteiger charge is -2.05. The largest absolute Gasteiger partial charge is 0.279 e. The van der Waals surface area contributed by atoms with Crippen molar-refractivity contribution >= 4 is 60.4 Å². The summed E-state index contributed by atoms with van der Waals surface area (Å²) in [6, 6.07) is 8.78. The quantitative estimate of drug-likeness (QED) is 0.614. The number of hydrogen-bond donors (Lipinski definition) is 1. The van der Waals surface area contributed by atoms with E-state index in [1.54, 1.807) is 46.7 Å². The maximum atomic E-state index is 12.3. The van der Waals surface area contributed by atoms with Crippen molar-refractivity contribution in [1.82, 2.24) is 4.98 Å². The van der Waals surface area contributed by atoms with Gasteiger partial charge in [0, 0.05) is 5.75 Å². The van der Waals surface area contributed by atoms with E-state index in [-0.39, 0.29) is 0 Å². The molecular weight excluding hydrogens is 368 g/mol. The number of thiazole rings is 1. The fourth-order valence-electron chi connectivity index (χ4n) is 1.89. The van der Waals surface area contributed by atoms with E-state index in [0.717, 1.165) is 20.3 Å². The molecule has 0 spiro atoms. The number of anilines is 1. The van der Waals surface area contributed by atoms with Gasteiger partial charge in [0.05, 0.1) is 15.9 Å². The molecule has 0 aliphatic rings. The number of nitrogens with zero attached hydrogens (tertiary/aromatic N) is 1. The predicted octanol–water partition coefficient (Wildman–Crippen LogP) is 4.91. The van der Waals surface area contributed by atoms with Crippen molar-refractivity contribution in [3.63, 3.8) is 0 Å². The second-order valence-corrected chi connectivity index (χ2v) is 10.6. The minimum atomic E-state index is -3.51. The lowest BCUT2D eigenvalue weighted by atomic mass is 10.3. The topological polar surface area (TPSA) is 59.1 Å². The van der Waals surface area contributed by atoms with E-state index in [9.17, 15) is 8.42 Å². The van der Waals surface area contributed by atoms with E-state index in [1.807, 2.05) is 12.1 Å². The minimum absolute atomic E-state index is 0.315. The first kappa shape index (κ1) is 16.8. The highest BCUT2D eigenvalue weighted by molar-refractivity contribution is 8.01. The molecule has 8 heteroatoms. The number of benzene rings is 1. The van der Waals surface area contributed by atoms with Gasteiger partial charge in [0.25, 0.3) is 10.0 Å². The molecule has 0 amide bonds. The molecule has 1 aromatic carbocycles. The molecule has 23 heavy (non-hydrogen) atoms. The Bertz CT molecular complexity index is 899. The van der Waals surface area contributed by atoms with Gasteiger partial charge >= 0.3 is 0 Å². The highest BCUT2D eigenvalue weighted by Crippen LogP contribution is 2.32. The Balaban J connectivity index is 1.83. The van der Waals surface area contributed by atoms with Gasteiger partial charge in [-0.15, -0.1) is 22.7 Å². The zero-order valence-electron chi connectivity index (χ0n) is 12.6. The van der Waals surface area contributed by atoms with Gasteiger partial charge in [0.2, 0.25) is 0 Å². The van der Waals surface area contributed by atoms with Crippen LogP contribution in [0.5, 0.6) is 0 Å². The monoisotopic (exact) mass is 384 g/mol. The van der Waals surface area contributed by atoms with E-state index in [1.165, 1.54) is 11.3 Å². The van der Waals surface area contributed by atoms with Gasteiger partial charge in [0.15, 0.2) is 4.34 Å². The first-order chi connectivity index (χ1) is 10.9. The zero-order valence-corrected chi connectivity index (χ0v) is 15.9. The molecule has 2 aromatic heterocycles. The average Bonchev–Trinajstić information content (AvgIpc) is 3.13. The molecule has 1 N–H and O–H groups in total. The molecule has 0 atom stereocenters. The molecule has 0 saturated heterocycles. The SMILES string of the molecule is CC(C)CSc1nc2ccc(NS(=O)(=O)c3cccs3)cc2s1. The zero-order chi connectivity index (χ0) is 16.4. The Morgan fingerprint density at radius 1 is 1.30 bits per heavy atom. The number of fused-ring (bicyclic) bond motifs is 1. The third kappa shape index (κ3) is 4.06. The third-order valence-corrected chi connectivity index (χ3v) is 8.29. The molecule has 4 nitrogen and oxygen atoms in total. The summed E-state index contributed by atoms with van der Waals surface area (Å²) in [5.41, 5.74) is 1.47. The van der Waals surface area contributed by atoms with E-state index >= 15 is 0 Å². The highest BCUT2D eigenvalue weighted by Gasteiger charge is 2.15. The average molecular weight is 385 g/mol. The number of thiophene rings is 1. The number of nitrogens with one attached hydrogen (secondary N) is 1. The smallest absolute Gasteiger partial charge is 0.271 e. The lowest BCUT2D eigenvalue weighted by Crippen LogP contribution is -2.11. The van der Waals surface area contributed by atoms with Crippen LogP contribution < -0.4 is 4.72 Å². The predicted molar refractivity (Wildman–Crippen MR) is 100 cm³/mol. The molecule has 2 heterocycles. The molecule has 0 aliphatic carbocycles. The summed E-state index contributed by atoms with van der Waals surface area (Å²) >= 11 is 4.54. The van der Waals surface area contributed by atoms with Crippen LogP contribution in [0.25, 0.3) is 10.2 Å². The highest BCUT2D eigenvalue weighted by atomic mass is 32.2. The van der Waals surface area contributed by atoms with Crippen molar-refractivity contribution in [1.29, 1.82) is 0 Å². The Kier molecular flexibility index (Phi) is 4.96. The van der Waals surface area contributed by atoms with Gasteiger partial charge in [0.1, 0.15) is 4.21 Å². The first-order valence-electron chi connectivity index (χ1n) is 7.04. The van der Waals surface area contributed by atoms with Crippen molar-refractivity contribution in [2.75, 3.05) is 10.5 Å². The maximum absolute atomic E-state index is 12.3. The molecule has 3 aromatic rings. The molecule has 122 valence electrons. The number of thioether (sulfide) groups is 1. The second-order valence-electron chi connectivity index (χ2n) is 5.40. The van der Waals surface area contributed by atoms with Crippen LogP contribution >= 0.6 is 34.4 Å². The van der Waals surface area contributed by atoms with E-state index < -0.39 is 10.0 Å². The van der Waals surface area contributed by atoms with Gasteiger partial charge < -0.3 is 0 Å². The summed E-state index contributed by atoms with van der Waals surface area (Å²) in [6.45, 7) is 4.36. The van der Waals surface area contributed by atoms with Gasteiger partial charge in [-0.05, 0) is 35.6 Å². The van der Waals surface area contributed by atoms with Crippen molar-refractivity contribution in [2.45, 2.75) is 22.4 Å². The van der Waals surface area contributed by atoms with Crippen LogP contribution in [0.4, 0.5) is 5.69 Å². The lowest BCUT2D eigenvalue weighted by molar-refractivity contribution is 0.603. The molecule has 0 fully saturated rings. The fourth-order valence-corrected chi connectivity index (χ4v) is 6.02. The Hall–Kier alpha value is -1.09. The fraction of sp³-hybridized carbons (Fsp3) is 0.267. The second kappa shape index (κ2) is 6.80. The van der Waals surface area contributed by atoms with Crippen molar-refractivity contribution < 1.29 is 8.42 Å². The summed E-state index contributed by atoms with van der Waals surface area (Å²) in [7, 11) is -3.51. The molecule has 0 aliphatic heterocycles. The van der Waals surface area contributed by atoms with Crippen LogP contribution in [0.3, 0.4) is 0 Å². The Morgan fingerprint density at radius 3 is 2.83 bits per heavy atom. The number of hydrogen-bond acceptors (Lipinski definition) is 6. The molecular formula is C15H16N2O2S4. The Morgan fingerprint density at radius 2 is 2.13 bits per heavy atom. The number of sulfonamides is 1. The molecule has 0 radical (unpaired) electrons. The van der Waals surface area contributed by atoms with E-state index in [0.29, 0.717) is 15.8 Å². The van der Waals surface area contributed by atoms with E-state index in [4.69, 9.17) is 0 Å². The summed E-state index contributed by atoms with van der Waals surface area (Å²) < 4.78 is 29.5. The molecule has 0 bridgehead atoms. The minimum Gasteiger partial charge on any atom is -0.279 e. The van der Waals surface area contributed by atoms with Crippen LogP contribution in [0, 0.1) is 5.92 Å². The summed E-state index contributed by atoms with van der Waals surface area (Å²) in [6.07, 6.45) is 0. The maximum Gasteiger partial charge on any atom is 0.271 e. The van der Waals surface area contributed by atoms with Gasteiger partial charge in [-0.2, -0.15) is 0 Å². The van der Waals surface area contributed by atoms with Crippen LogP contribution in [-0.4, -0.2) is 19.2 Å². The van der Waals surface area contributed by atoms with Gasteiger partial charge in [-0.1, -0.05) is 31.7 Å². The third-order valence-electron chi connectivity index (χ3n) is 2.92. The van der Waals surface area contributed by atoms with Crippen LogP contribution in [0.15, 0.2) is 44.3 Å².